The average Bonchev–Trinajstić information content (AvgIpc) is 2.31. The van der Waals surface area contributed by atoms with Crippen molar-refractivity contribution in [1.29, 1.82) is 0 Å². The lowest BCUT2D eigenvalue weighted by atomic mass is 10.2. The molecule has 110 valence electrons. The number of carbonyl (C=O) groups is 2. The number of carboxylic acid groups (broad SMARTS) is 1. The van der Waals surface area contributed by atoms with Gasteiger partial charge in [-0.3, -0.25) is 4.79 Å². The fraction of sp³-hybridized carbons (Fsp3) is 0.500. The van der Waals surface area contributed by atoms with Gasteiger partial charge in [-0.15, -0.1) is 0 Å². The van der Waals surface area contributed by atoms with Gasteiger partial charge in [-0.05, 0) is 12.2 Å². The number of carbonyl (C=O) groups excluding carboxylic acids is 1. The van der Waals surface area contributed by atoms with E-state index in [1.54, 1.807) is 0 Å². The van der Waals surface area contributed by atoms with Crippen molar-refractivity contribution in [3.63, 3.8) is 0 Å². The number of thioether (sulfide) groups is 1. The molecular formula is C10H16N6O3S. The molecule has 0 fully saturated rings. The van der Waals surface area contributed by atoms with Crippen molar-refractivity contribution in [2.24, 2.45) is 0 Å². The second-order valence-corrected chi connectivity index (χ2v) is 5.01. The molecule has 0 saturated carbocycles. The molecule has 0 aromatic carbocycles. The number of hydrogen-bond donors (Lipinski definition) is 4. The highest BCUT2D eigenvalue weighted by atomic mass is 32.2. The zero-order chi connectivity index (χ0) is 15.1. The number of amides is 1. The van der Waals surface area contributed by atoms with Gasteiger partial charge in [0.15, 0.2) is 0 Å². The average molecular weight is 300 g/mol. The summed E-state index contributed by atoms with van der Waals surface area (Å²) in [6.45, 7) is 1.28. The Labute approximate surface area is 119 Å². The highest BCUT2D eigenvalue weighted by molar-refractivity contribution is 7.98. The summed E-state index contributed by atoms with van der Waals surface area (Å²) < 4.78 is 0. The summed E-state index contributed by atoms with van der Waals surface area (Å²) in [5.74, 6) is 0.0530. The molecule has 1 amide bonds. The molecule has 20 heavy (non-hydrogen) atoms. The lowest BCUT2D eigenvalue weighted by Crippen LogP contribution is -2.39. The highest BCUT2D eigenvalue weighted by Gasteiger charge is 2.17. The summed E-state index contributed by atoms with van der Waals surface area (Å²) in [5.41, 5.74) is 10.9. The molecule has 1 rings (SSSR count). The predicted molar refractivity (Wildman–Crippen MR) is 74.7 cm³/mol. The van der Waals surface area contributed by atoms with Crippen LogP contribution >= 0.6 is 11.8 Å². The maximum Gasteiger partial charge on any atom is 0.326 e. The minimum atomic E-state index is -1.06. The van der Waals surface area contributed by atoms with Gasteiger partial charge in [0.1, 0.15) is 11.9 Å². The number of nitrogens with two attached hydrogens (primary N) is 2. The Morgan fingerprint density at radius 2 is 1.90 bits per heavy atom. The lowest BCUT2D eigenvalue weighted by Gasteiger charge is -2.12. The second-order valence-electron chi connectivity index (χ2n) is 3.90. The predicted octanol–water partition coefficient (Wildman–Crippen LogP) is -0.751. The minimum Gasteiger partial charge on any atom is -0.480 e. The van der Waals surface area contributed by atoms with E-state index in [0.717, 1.165) is 0 Å². The van der Waals surface area contributed by atoms with Crippen LogP contribution in [0.25, 0.3) is 0 Å². The lowest BCUT2D eigenvalue weighted by molar-refractivity contribution is -0.141. The van der Waals surface area contributed by atoms with Crippen molar-refractivity contribution in [2.75, 3.05) is 17.2 Å². The second kappa shape index (κ2) is 7.48. The molecule has 1 aromatic heterocycles. The summed E-state index contributed by atoms with van der Waals surface area (Å²) >= 11 is 1.42. The van der Waals surface area contributed by atoms with E-state index in [1.807, 2.05) is 0 Å². The SMILES string of the molecule is CC(=O)NC(CCSCc1nc(N)nc(N)n1)C(=O)O. The zero-order valence-electron chi connectivity index (χ0n) is 10.9. The first-order valence-electron chi connectivity index (χ1n) is 5.72. The number of carboxylic acids is 1. The maximum atomic E-state index is 10.9. The van der Waals surface area contributed by atoms with Crippen molar-refractivity contribution in [3.8, 4) is 0 Å². The topological polar surface area (TPSA) is 157 Å². The van der Waals surface area contributed by atoms with Gasteiger partial charge in [-0.25, -0.2) is 4.79 Å². The van der Waals surface area contributed by atoms with E-state index >= 15 is 0 Å². The largest absolute Gasteiger partial charge is 0.480 e. The zero-order valence-corrected chi connectivity index (χ0v) is 11.7. The third kappa shape index (κ3) is 5.69. The summed E-state index contributed by atoms with van der Waals surface area (Å²) in [6.07, 6.45) is 0.301. The fourth-order valence-corrected chi connectivity index (χ4v) is 2.25. The first-order chi connectivity index (χ1) is 9.38. The molecule has 6 N–H and O–H groups in total. The van der Waals surface area contributed by atoms with Crippen LogP contribution in [0.2, 0.25) is 0 Å². The third-order valence-corrected chi connectivity index (χ3v) is 3.16. The Bertz CT molecular complexity index is 478. The maximum absolute atomic E-state index is 10.9. The normalized spacial score (nSPS) is 11.8. The van der Waals surface area contributed by atoms with E-state index in [-0.39, 0.29) is 17.8 Å². The van der Waals surface area contributed by atoms with Crippen LogP contribution in [0.15, 0.2) is 0 Å². The Balaban J connectivity index is 2.39. The molecule has 1 unspecified atom stereocenters. The smallest absolute Gasteiger partial charge is 0.326 e. The van der Waals surface area contributed by atoms with E-state index in [2.05, 4.69) is 20.3 Å². The first kappa shape index (κ1) is 16.0. The summed E-state index contributed by atoms with van der Waals surface area (Å²) in [5, 5.41) is 11.3. The number of rotatable bonds is 7. The molecule has 0 aliphatic carbocycles. The van der Waals surface area contributed by atoms with E-state index in [1.165, 1.54) is 18.7 Å². The van der Waals surface area contributed by atoms with Crippen LogP contribution in [-0.4, -0.2) is 43.7 Å². The summed E-state index contributed by atoms with van der Waals surface area (Å²) in [7, 11) is 0. The molecular weight excluding hydrogens is 284 g/mol. The Morgan fingerprint density at radius 1 is 1.30 bits per heavy atom. The Morgan fingerprint density at radius 3 is 2.40 bits per heavy atom. The molecule has 1 atom stereocenters. The quantitative estimate of drug-likeness (QED) is 0.475. The van der Waals surface area contributed by atoms with Crippen LogP contribution in [0.4, 0.5) is 11.9 Å². The van der Waals surface area contributed by atoms with E-state index in [9.17, 15) is 9.59 Å². The molecule has 1 aromatic rings. The number of hydrogen-bond acceptors (Lipinski definition) is 8. The van der Waals surface area contributed by atoms with Gasteiger partial charge >= 0.3 is 5.97 Å². The Kier molecular flexibility index (Phi) is 5.97. The van der Waals surface area contributed by atoms with Gasteiger partial charge in [-0.1, -0.05) is 0 Å². The van der Waals surface area contributed by atoms with Crippen molar-refractivity contribution in [3.05, 3.63) is 5.82 Å². The Hall–Kier alpha value is -2.10. The van der Waals surface area contributed by atoms with E-state index < -0.39 is 12.0 Å². The number of aromatic nitrogens is 3. The van der Waals surface area contributed by atoms with Gasteiger partial charge in [0, 0.05) is 6.92 Å². The number of nitrogens with zero attached hydrogens (tertiary/aromatic N) is 3. The van der Waals surface area contributed by atoms with Gasteiger partial charge in [0.25, 0.3) is 0 Å². The first-order valence-corrected chi connectivity index (χ1v) is 6.87. The highest BCUT2D eigenvalue weighted by Crippen LogP contribution is 2.12. The van der Waals surface area contributed by atoms with Gasteiger partial charge in [0.2, 0.25) is 17.8 Å². The monoisotopic (exact) mass is 300 g/mol. The number of nitrogen functional groups attached to an aromatic ring is 2. The third-order valence-electron chi connectivity index (χ3n) is 2.17. The number of nitrogens with one attached hydrogen (secondary N) is 1. The molecule has 0 saturated heterocycles. The van der Waals surface area contributed by atoms with Crippen LogP contribution < -0.4 is 16.8 Å². The molecule has 9 nitrogen and oxygen atoms in total. The van der Waals surface area contributed by atoms with Crippen molar-refractivity contribution in [2.45, 2.75) is 25.1 Å². The summed E-state index contributed by atoms with van der Waals surface area (Å²) in [4.78, 5) is 33.2. The summed E-state index contributed by atoms with van der Waals surface area (Å²) in [6, 6.07) is -0.895. The molecule has 0 aliphatic heterocycles. The van der Waals surface area contributed by atoms with Crippen LogP contribution in [0.5, 0.6) is 0 Å². The van der Waals surface area contributed by atoms with Gasteiger partial charge < -0.3 is 21.9 Å². The molecule has 0 bridgehead atoms. The molecule has 1 heterocycles. The van der Waals surface area contributed by atoms with E-state index in [0.29, 0.717) is 23.8 Å². The number of aliphatic carboxylic acids is 1. The molecule has 10 heteroatoms. The van der Waals surface area contributed by atoms with Crippen LogP contribution in [0, 0.1) is 0 Å². The van der Waals surface area contributed by atoms with Crippen LogP contribution in [0.1, 0.15) is 19.2 Å². The molecule has 0 aliphatic rings. The van der Waals surface area contributed by atoms with Crippen LogP contribution in [0.3, 0.4) is 0 Å². The standard InChI is InChI=1S/C10H16N6O3S/c1-5(17)13-6(8(18)19)2-3-20-4-7-14-9(11)16-10(12)15-7/h6H,2-4H2,1H3,(H,13,17)(H,18,19)(H4,11,12,14,15,16). The molecule has 0 spiro atoms. The van der Waals surface area contributed by atoms with Crippen molar-refractivity contribution < 1.29 is 14.7 Å². The van der Waals surface area contributed by atoms with E-state index in [4.69, 9.17) is 16.6 Å². The van der Waals surface area contributed by atoms with Gasteiger partial charge in [-0.2, -0.15) is 26.7 Å². The van der Waals surface area contributed by atoms with Crippen molar-refractivity contribution in [1.82, 2.24) is 20.3 Å². The van der Waals surface area contributed by atoms with Crippen molar-refractivity contribution >= 4 is 35.5 Å². The fourth-order valence-electron chi connectivity index (χ4n) is 1.39. The van der Waals surface area contributed by atoms with Gasteiger partial charge in [0.05, 0.1) is 5.75 Å². The molecule has 0 radical (unpaired) electrons. The van der Waals surface area contributed by atoms with Crippen LogP contribution in [-0.2, 0) is 15.3 Å². The minimum absolute atomic E-state index is 0.0507. The number of anilines is 2.